The summed E-state index contributed by atoms with van der Waals surface area (Å²) in [6, 6.07) is 12.7. The summed E-state index contributed by atoms with van der Waals surface area (Å²) in [6.45, 7) is 2.95. The molecule has 15 nitrogen and oxygen atoms in total. The lowest BCUT2D eigenvalue weighted by atomic mass is 9.90. The zero-order valence-corrected chi connectivity index (χ0v) is 28.9. The Bertz CT molecular complexity index is 2200. The number of nitrogen functional groups attached to an aromatic ring is 1. The molecule has 1 unspecified atom stereocenters. The molecule has 0 saturated heterocycles. The monoisotopic (exact) mass is 798 g/mol. The fourth-order valence-electron chi connectivity index (χ4n) is 5.12. The van der Waals surface area contributed by atoms with E-state index in [2.05, 4.69) is 25.6 Å². The Labute approximate surface area is 310 Å². The normalized spacial score (nSPS) is 13.5. The lowest BCUT2D eigenvalue weighted by Crippen LogP contribution is -2.35. The second-order valence-electron chi connectivity index (χ2n) is 11.4. The Morgan fingerprint density at radius 3 is 2.27 bits per heavy atom. The average molecular weight is 799 g/mol. The highest BCUT2D eigenvalue weighted by atomic mass is 35.5. The lowest BCUT2D eigenvalue weighted by Gasteiger charge is -2.28. The number of ether oxygens (including phenoxy) is 1. The zero-order chi connectivity index (χ0) is 40.7. The van der Waals surface area contributed by atoms with E-state index >= 15 is 0 Å². The summed E-state index contributed by atoms with van der Waals surface area (Å²) in [5.41, 5.74) is 11.0. The average Bonchev–Trinajstić information content (AvgIpc) is 3.75. The SMILES string of the molecule is CC(NC(=O)c1c(N)nn2cccnc12)c1cc(Cl)c2cn[nH]c2c1C1=CCN(C(=O)OCc2ccccc2)CC1.O=C(O)C(F)(F)F.O=C(O)C(F)(F)F. The molecule has 6 rings (SSSR count). The summed E-state index contributed by atoms with van der Waals surface area (Å²) < 4.78 is 70.5. The molecule has 0 fully saturated rings. The first-order chi connectivity index (χ1) is 25.8. The predicted octanol–water partition coefficient (Wildman–Crippen LogP) is 6.02. The number of fused-ring (bicyclic) bond motifs is 2. The van der Waals surface area contributed by atoms with Gasteiger partial charge in [0.15, 0.2) is 11.5 Å². The number of carboxylic acid groups (broad SMARTS) is 2. The maximum absolute atomic E-state index is 13.4. The number of carbonyl (C=O) groups is 4. The van der Waals surface area contributed by atoms with Gasteiger partial charge in [-0.1, -0.05) is 48.0 Å². The van der Waals surface area contributed by atoms with Gasteiger partial charge in [-0.3, -0.25) is 9.89 Å². The van der Waals surface area contributed by atoms with Gasteiger partial charge in [-0.05, 0) is 42.2 Å². The molecule has 292 valence electrons. The van der Waals surface area contributed by atoms with Gasteiger partial charge in [-0.2, -0.15) is 31.4 Å². The number of hydrogen-bond donors (Lipinski definition) is 5. The highest BCUT2D eigenvalue weighted by Gasteiger charge is 2.39. The zero-order valence-electron chi connectivity index (χ0n) is 28.2. The number of amides is 2. The van der Waals surface area contributed by atoms with E-state index in [9.17, 15) is 35.9 Å². The van der Waals surface area contributed by atoms with Gasteiger partial charge in [0.1, 0.15) is 12.2 Å². The molecular weight excluding hydrogens is 770 g/mol. The van der Waals surface area contributed by atoms with Crippen LogP contribution in [0.3, 0.4) is 0 Å². The molecule has 22 heteroatoms. The van der Waals surface area contributed by atoms with Crippen LogP contribution in [0.1, 0.15) is 46.4 Å². The van der Waals surface area contributed by atoms with Gasteiger partial charge in [0.2, 0.25) is 0 Å². The van der Waals surface area contributed by atoms with Crippen LogP contribution in [0.2, 0.25) is 5.02 Å². The summed E-state index contributed by atoms with van der Waals surface area (Å²) in [6.07, 6.45) is -3.02. The highest BCUT2D eigenvalue weighted by Crippen LogP contribution is 2.38. The van der Waals surface area contributed by atoms with E-state index in [4.69, 9.17) is 41.9 Å². The molecule has 1 atom stereocenters. The fourth-order valence-corrected chi connectivity index (χ4v) is 5.38. The number of nitrogens with one attached hydrogen (secondary N) is 2. The standard InChI is InChI=1S/C29H27ClN8O3.2C2HF3O2/c1-17(34-28(39)24-26(31)36-38-11-5-10-32-27(24)38)20-14-22(30)21-15-33-35-25(21)23(20)19-8-12-37(13-9-19)29(40)41-16-18-6-3-2-4-7-18;2*3-2(4,5)1(6)7/h2-8,10-11,14-15,17H,9,12-13,16H2,1H3,(H2,31,36)(H,33,35)(H,34,39);2*(H,6,7). The minimum Gasteiger partial charge on any atom is -0.475 e. The quantitative estimate of drug-likeness (QED) is 0.125. The maximum atomic E-state index is 13.4. The van der Waals surface area contributed by atoms with Crippen molar-refractivity contribution >= 4 is 63.5 Å². The summed E-state index contributed by atoms with van der Waals surface area (Å²) in [5.74, 6) is -5.83. The smallest absolute Gasteiger partial charge is 0.475 e. The third-order valence-electron chi connectivity index (χ3n) is 7.66. The molecule has 4 heterocycles. The van der Waals surface area contributed by atoms with Gasteiger partial charge >= 0.3 is 30.4 Å². The number of aromatic nitrogens is 5. The van der Waals surface area contributed by atoms with Crippen molar-refractivity contribution in [2.45, 2.75) is 38.3 Å². The van der Waals surface area contributed by atoms with Crippen molar-refractivity contribution in [3.05, 3.63) is 94.4 Å². The van der Waals surface area contributed by atoms with E-state index in [0.717, 1.165) is 33.2 Å². The summed E-state index contributed by atoms with van der Waals surface area (Å²) in [7, 11) is 0. The molecular formula is C33H29ClF6N8O7. The second kappa shape index (κ2) is 17.2. The van der Waals surface area contributed by atoms with Gasteiger partial charge < -0.3 is 30.9 Å². The second-order valence-corrected chi connectivity index (χ2v) is 11.8. The Hall–Kier alpha value is -6.38. The molecule has 1 aliphatic rings. The van der Waals surface area contributed by atoms with E-state index < -0.39 is 36.2 Å². The minimum atomic E-state index is -5.08. The molecule has 2 aromatic carbocycles. The van der Waals surface area contributed by atoms with Crippen LogP contribution >= 0.6 is 11.6 Å². The molecule has 0 spiro atoms. The van der Waals surface area contributed by atoms with Crippen LogP contribution in [0.15, 0.2) is 67.1 Å². The molecule has 5 aromatic rings. The van der Waals surface area contributed by atoms with E-state index in [1.165, 1.54) is 4.52 Å². The van der Waals surface area contributed by atoms with Crippen molar-refractivity contribution in [1.29, 1.82) is 0 Å². The van der Waals surface area contributed by atoms with Crippen molar-refractivity contribution in [1.82, 2.24) is 35.0 Å². The maximum Gasteiger partial charge on any atom is 0.490 e. The summed E-state index contributed by atoms with van der Waals surface area (Å²) in [4.78, 5) is 49.8. The largest absolute Gasteiger partial charge is 0.490 e. The van der Waals surface area contributed by atoms with Gasteiger partial charge in [0.05, 0.1) is 22.8 Å². The van der Waals surface area contributed by atoms with Crippen LogP contribution in [-0.4, -0.2) is 89.3 Å². The topological polar surface area (TPSA) is 218 Å². The Balaban J connectivity index is 0.000000410. The number of hydrogen-bond acceptors (Lipinski definition) is 9. The van der Waals surface area contributed by atoms with Gasteiger partial charge in [0, 0.05) is 36.4 Å². The van der Waals surface area contributed by atoms with E-state index in [-0.39, 0.29) is 24.1 Å². The summed E-state index contributed by atoms with van der Waals surface area (Å²) >= 11 is 6.64. The third kappa shape index (κ3) is 10.4. The van der Waals surface area contributed by atoms with Crippen LogP contribution in [0, 0.1) is 0 Å². The number of aromatic amines is 1. The van der Waals surface area contributed by atoms with Crippen molar-refractivity contribution in [3.63, 3.8) is 0 Å². The van der Waals surface area contributed by atoms with Crippen molar-refractivity contribution in [3.8, 4) is 0 Å². The lowest BCUT2D eigenvalue weighted by molar-refractivity contribution is -0.193. The van der Waals surface area contributed by atoms with Crippen LogP contribution in [0.25, 0.3) is 22.1 Å². The van der Waals surface area contributed by atoms with Crippen molar-refractivity contribution in [2.75, 3.05) is 18.8 Å². The van der Waals surface area contributed by atoms with E-state index in [1.54, 1.807) is 29.6 Å². The third-order valence-corrected chi connectivity index (χ3v) is 7.97. The Morgan fingerprint density at radius 2 is 1.69 bits per heavy atom. The number of carbonyl (C=O) groups excluding carboxylic acids is 2. The number of alkyl halides is 6. The molecule has 3 aromatic heterocycles. The van der Waals surface area contributed by atoms with Gasteiger partial charge in [-0.15, -0.1) is 5.10 Å². The molecule has 6 N–H and O–H groups in total. The Morgan fingerprint density at radius 1 is 1.05 bits per heavy atom. The number of rotatable bonds is 6. The number of nitrogens with two attached hydrogens (primary N) is 1. The van der Waals surface area contributed by atoms with Crippen molar-refractivity contribution < 1.29 is 60.5 Å². The van der Waals surface area contributed by atoms with Gasteiger partial charge in [0.25, 0.3) is 5.91 Å². The number of nitrogens with zero attached hydrogens (tertiary/aromatic N) is 5. The minimum absolute atomic E-state index is 0.0879. The molecule has 0 radical (unpaired) electrons. The van der Waals surface area contributed by atoms with Crippen LogP contribution in [-0.2, 0) is 20.9 Å². The molecule has 2 amide bonds. The first-order valence-corrected chi connectivity index (χ1v) is 16.0. The molecule has 1 aliphatic heterocycles. The van der Waals surface area contributed by atoms with Crippen molar-refractivity contribution in [2.24, 2.45) is 0 Å². The van der Waals surface area contributed by atoms with E-state index in [0.29, 0.717) is 30.2 Å². The fraction of sp³-hybridized carbons (Fsp3) is 0.242. The van der Waals surface area contributed by atoms with Crippen LogP contribution < -0.4 is 11.1 Å². The molecule has 55 heavy (non-hydrogen) atoms. The molecule has 0 bridgehead atoms. The van der Waals surface area contributed by atoms with Gasteiger partial charge in [-0.25, -0.2) is 23.9 Å². The predicted molar refractivity (Wildman–Crippen MR) is 183 cm³/mol. The first-order valence-electron chi connectivity index (χ1n) is 15.6. The van der Waals surface area contributed by atoms with Crippen LogP contribution in [0.4, 0.5) is 37.0 Å². The number of aliphatic carboxylic acids is 2. The highest BCUT2D eigenvalue weighted by molar-refractivity contribution is 6.35. The summed E-state index contributed by atoms with van der Waals surface area (Å²) in [5, 5.41) is 30.0. The number of benzene rings is 2. The number of H-pyrrole nitrogens is 1. The van der Waals surface area contributed by atoms with Crippen LogP contribution in [0.5, 0.6) is 0 Å². The molecule has 0 saturated carbocycles. The number of carboxylic acids is 2. The Kier molecular flexibility index (Phi) is 12.9. The first kappa shape index (κ1) is 41.4. The van der Waals surface area contributed by atoms with E-state index in [1.807, 2.05) is 49.4 Å². The number of halogens is 7. The molecule has 0 aliphatic carbocycles. The number of anilines is 1.